The summed E-state index contributed by atoms with van der Waals surface area (Å²) in [5, 5.41) is 5.69. The van der Waals surface area contributed by atoms with Crippen LogP contribution in [0.4, 0.5) is 16.2 Å². The molecule has 0 saturated carbocycles. The van der Waals surface area contributed by atoms with E-state index in [-0.39, 0.29) is 11.9 Å². The van der Waals surface area contributed by atoms with Gasteiger partial charge in [0.2, 0.25) is 5.91 Å². The highest BCUT2D eigenvalue weighted by Crippen LogP contribution is 2.30. The Morgan fingerprint density at radius 3 is 2.38 bits per heavy atom. The first-order valence-electron chi connectivity index (χ1n) is 9.31. The first-order chi connectivity index (χ1) is 14.1. The fourth-order valence-corrected chi connectivity index (χ4v) is 3.34. The van der Waals surface area contributed by atoms with Gasteiger partial charge in [-0.15, -0.1) is 0 Å². The number of para-hydroxylation sites is 2. The molecule has 0 spiro atoms. The zero-order valence-electron chi connectivity index (χ0n) is 16.7. The Hall–Kier alpha value is -3.42. The molecule has 154 valence electrons. The van der Waals surface area contributed by atoms with E-state index in [9.17, 15) is 9.59 Å². The van der Waals surface area contributed by atoms with Crippen LogP contribution in [0.5, 0.6) is 17.2 Å². The summed E-state index contributed by atoms with van der Waals surface area (Å²) < 4.78 is 15.8. The molecule has 0 bridgehead atoms. The van der Waals surface area contributed by atoms with Crippen molar-refractivity contribution in [1.82, 2.24) is 4.90 Å². The molecule has 1 fully saturated rings. The summed E-state index contributed by atoms with van der Waals surface area (Å²) in [4.78, 5) is 27.2. The second kappa shape index (κ2) is 9.18. The van der Waals surface area contributed by atoms with E-state index >= 15 is 0 Å². The number of nitrogens with one attached hydrogen (secondary N) is 2. The van der Waals surface area contributed by atoms with Gasteiger partial charge in [-0.05, 0) is 37.1 Å². The number of likely N-dealkylation sites (tertiary alicyclic amines) is 1. The standard InChI is InChI=1S/C21H25N3O5/c1-27-14-10-11-16(19(13-14)29-3)22-20(25)17-8-6-12-24(17)21(26)23-15-7-4-5-9-18(15)28-2/h4-5,7,9-11,13,17H,6,8,12H2,1-3H3,(H,22,25)(H,23,26)/t17-/m1/s1. The van der Waals surface area contributed by atoms with Gasteiger partial charge in [0.1, 0.15) is 23.3 Å². The number of nitrogens with zero attached hydrogens (tertiary/aromatic N) is 1. The van der Waals surface area contributed by atoms with E-state index in [0.717, 1.165) is 6.42 Å². The van der Waals surface area contributed by atoms with Gasteiger partial charge in [-0.2, -0.15) is 0 Å². The minimum atomic E-state index is -0.573. The Morgan fingerprint density at radius 2 is 1.66 bits per heavy atom. The van der Waals surface area contributed by atoms with E-state index in [4.69, 9.17) is 14.2 Å². The molecule has 0 aliphatic carbocycles. The quantitative estimate of drug-likeness (QED) is 0.778. The van der Waals surface area contributed by atoms with E-state index in [1.807, 2.05) is 12.1 Å². The summed E-state index contributed by atoms with van der Waals surface area (Å²) in [6, 6.07) is 11.4. The number of carbonyl (C=O) groups is 2. The number of anilines is 2. The van der Waals surface area contributed by atoms with Crippen molar-refractivity contribution in [1.29, 1.82) is 0 Å². The highest BCUT2D eigenvalue weighted by atomic mass is 16.5. The van der Waals surface area contributed by atoms with E-state index in [1.54, 1.807) is 44.6 Å². The van der Waals surface area contributed by atoms with Crippen molar-refractivity contribution in [3.05, 3.63) is 42.5 Å². The van der Waals surface area contributed by atoms with Gasteiger partial charge in [0.05, 0.1) is 32.7 Å². The van der Waals surface area contributed by atoms with Gasteiger partial charge in [-0.25, -0.2) is 4.79 Å². The molecule has 1 aliphatic heterocycles. The van der Waals surface area contributed by atoms with Crippen LogP contribution in [0.15, 0.2) is 42.5 Å². The van der Waals surface area contributed by atoms with Gasteiger partial charge in [-0.3, -0.25) is 4.79 Å². The molecule has 3 rings (SSSR count). The molecule has 2 aromatic rings. The summed E-state index contributed by atoms with van der Waals surface area (Å²) >= 11 is 0. The smallest absolute Gasteiger partial charge is 0.322 e. The zero-order chi connectivity index (χ0) is 20.8. The minimum Gasteiger partial charge on any atom is -0.497 e. The summed E-state index contributed by atoms with van der Waals surface area (Å²) in [5.41, 5.74) is 1.08. The van der Waals surface area contributed by atoms with Crippen molar-refractivity contribution in [2.75, 3.05) is 38.5 Å². The topological polar surface area (TPSA) is 89.1 Å². The predicted octanol–water partition coefficient (Wildman–Crippen LogP) is 3.35. The van der Waals surface area contributed by atoms with Gasteiger partial charge in [0.25, 0.3) is 0 Å². The third-order valence-electron chi connectivity index (χ3n) is 4.83. The fourth-order valence-electron chi connectivity index (χ4n) is 3.34. The largest absolute Gasteiger partial charge is 0.497 e. The number of rotatable bonds is 6. The Balaban J connectivity index is 1.71. The molecule has 0 aromatic heterocycles. The van der Waals surface area contributed by atoms with Crippen molar-refractivity contribution >= 4 is 23.3 Å². The molecule has 0 unspecified atom stereocenters. The van der Waals surface area contributed by atoms with Crippen molar-refractivity contribution in [3.63, 3.8) is 0 Å². The van der Waals surface area contributed by atoms with Crippen LogP contribution in [-0.4, -0.2) is 50.8 Å². The van der Waals surface area contributed by atoms with Gasteiger partial charge in [0, 0.05) is 12.6 Å². The number of urea groups is 1. The molecule has 8 heteroatoms. The van der Waals surface area contributed by atoms with Crippen LogP contribution in [0.25, 0.3) is 0 Å². The van der Waals surface area contributed by atoms with E-state index in [2.05, 4.69) is 10.6 Å². The van der Waals surface area contributed by atoms with Crippen molar-refractivity contribution in [2.24, 2.45) is 0 Å². The third kappa shape index (κ3) is 4.53. The number of hydrogen-bond acceptors (Lipinski definition) is 5. The Kier molecular flexibility index (Phi) is 6.43. The second-order valence-corrected chi connectivity index (χ2v) is 6.54. The first-order valence-corrected chi connectivity index (χ1v) is 9.31. The second-order valence-electron chi connectivity index (χ2n) is 6.54. The molecule has 0 radical (unpaired) electrons. The van der Waals surface area contributed by atoms with E-state index in [1.165, 1.54) is 12.0 Å². The molecule has 1 aliphatic rings. The predicted molar refractivity (Wildman–Crippen MR) is 110 cm³/mol. The maximum Gasteiger partial charge on any atom is 0.322 e. The normalized spacial score (nSPS) is 15.6. The molecule has 2 aromatic carbocycles. The van der Waals surface area contributed by atoms with Gasteiger partial charge < -0.3 is 29.7 Å². The molecule has 29 heavy (non-hydrogen) atoms. The van der Waals surface area contributed by atoms with Crippen molar-refractivity contribution in [3.8, 4) is 17.2 Å². The lowest BCUT2D eigenvalue weighted by Gasteiger charge is -2.25. The SMILES string of the molecule is COc1ccc(NC(=O)[C@H]2CCCN2C(=O)Nc2ccccc2OC)c(OC)c1. The van der Waals surface area contributed by atoms with E-state index in [0.29, 0.717) is 41.6 Å². The third-order valence-corrected chi connectivity index (χ3v) is 4.83. The molecule has 1 saturated heterocycles. The van der Waals surface area contributed by atoms with Gasteiger partial charge in [-0.1, -0.05) is 12.1 Å². The lowest BCUT2D eigenvalue weighted by atomic mass is 10.2. The molecule has 8 nitrogen and oxygen atoms in total. The van der Waals surface area contributed by atoms with Crippen LogP contribution < -0.4 is 24.8 Å². The number of hydrogen-bond donors (Lipinski definition) is 2. The number of methoxy groups -OCH3 is 3. The number of carbonyl (C=O) groups excluding carboxylic acids is 2. The monoisotopic (exact) mass is 399 g/mol. The van der Waals surface area contributed by atoms with Crippen molar-refractivity contribution < 1.29 is 23.8 Å². The van der Waals surface area contributed by atoms with Crippen LogP contribution in [0.2, 0.25) is 0 Å². The maximum atomic E-state index is 12.9. The van der Waals surface area contributed by atoms with Crippen LogP contribution in [0, 0.1) is 0 Å². The lowest BCUT2D eigenvalue weighted by Crippen LogP contribution is -2.45. The highest BCUT2D eigenvalue weighted by Gasteiger charge is 2.34. The van der Waals surface area contributed by atoms with Crippen molar-refractivity contribution in [2.45, 2.75) is 18.9 Å². The summed E-state index contributed by atoms with van der Waals surface area (Å²) in [5.74, 6) is 1.41. The van der Waals surface area contributed by atoms with Crippen LogP contribution in [-0.2, 0) is 4.79 Å². The molecular formula is C21H25N3O5. The minimum absolute atomic E-state index is 0.263. The maximum absolute atomic E-state index is 12.9. The summed E-state index contributed by atoms with van der Waals surface area (Å²) in [7, 11) is 4.62. The molecular weight excluding hydrogens is 374 g/mol. The molecule has 2 N–H and O–H groups in total. The van der Waals surface area contributed by atoms with Gasteiger partial charge >= 0.3 is 6.03 Å². The number of ether oxygens (including phenoxy) is 3. The summed E-state index contributed by atoms with van der Waals surface area (Å²) in [6.07, 6.45) is 1.33. The molecule has 3 amide bonds. The Labute approximate surface area is 169 Å². The van der Waals surface area contributed by atoms with Crippen LogP contribution in [0.1, 0.15) is 12.8 Å². The van der Waals surface area contributed by atoms with Crippen LogP contribution in [0.3, 0.4) is 0 Å². The highest BCUT2D eigenvalue weighted by molar-refractivity contribution is 6.00. The molecule has 1 heterocycles. The first kappa shape index (κ1) is 20.3. The number of benzene rings is 2. The molecule has 1 atom stereocenters. The average molecular weight is 399 g/mol. The fraction of sp³-hybridized carbons (Fsp3) is 0.333. The summed E-state index contributed by atoms with van der Waals surface area (Å²) in [6.45, 7) is 0.499. The Morgan fingerprint density at radius 1 is 0.931 bits per heavy atom. The van der Waals surface area contributed by atoms with Gasteiger partial charge in [0.15, 0.2) is 0 Å². The average Bonchev–Trinajstić information content (AvgIpc) is 3.24. The van der Waals surface area contributed by atoms with E-state index < -0.39 is 6.04 Å². The zero-order valence-corrected chi connectivity index (χ0v) is 16.7. The number of amides is 3. The van der Waals surface area contributed by atoms with Crippen LogP contribution >= 0.6 is 0 Å². The Bertz CT molecular complexity index is 886. The lowest BCUT2D eigenvalue weighted by molar-refractivity contribution is -0.119.